The summed E-state index contributed by atoms with van der Waals surface area (Å²) in [5.41, 5.74) is 1.85. The Balaban J connectivity index is 1.68. The minimum absolute atomic E-state index is 0.124. The minimum Gasteiger partial charge on any atom is -0.494 e. The molecule has 0 atom stereocenters. The molecule has 2 aromatic heterocycles. The van der Waals surface area contributed by atoms with Crippen molar-refractivity contribution in [3.8, 4) is 5.75 Å². The van der Waals surface area contributed by atoms with Crippen molar-refractivity contribution in [2.45, 2.75) is 13.5 Å². The van der Waals surface area contributed by atoms with Crippen molar-refractivity contribution in [3.05, 3.63) is 81.7 Å². The number of benzene rings is 1. The van der Waals surface area contributed by atoms with E-state index < -0.39 is 11.8 Å². The lowest BCUT2D eigenvalue weighted by molar-refractivity contribution is -0.139. The van der Waals surface area contributed by atoms with Crippen LogP contribution in [0.25, 0.3) is 11.7 Å². The van der Waals surface area contributed by atoms with Gasteiger partial charge in [-0.3, -0.25) is 9.20 Å². The maximum atomic E-state index is 13.6. The zero-order valence-corrected chi connectivity index (χ0v) is 14.8. The first kappa shape index (κ1) is 18.3. The number of nitrogens with zero attached hydrogens (tertiary/aromatic N) is 2. The van der Waals surface area contributed by atoms with Gasteiger partial charge in [0.15, 0.2) is 11.6 Å². The van der Waals surface area contributed by atoms with Crippen molar-refractivity contribution in [2.24, 2.45) is 0 Å². The van der Waals surface area contributed by atoms with Crippen molar-refractivity contribution in [1.82, 2.24) is 9.38 Å². The molecule has 0 fully saturated rings. The third-order valence-electron chi connectivity index (χ3n) is 3.88. The number of carbonyl (C=O) groups excluding carboxylic acids is 1. The van der Waals surface area contributed by atoms with Gasteiger partial charge in [-0.25, -0.2) is 14.2 Å². The van der Waals surface area contributed by atoms with Crippen molar-refractivity contribution >= 4 is 17.7 Å². The van der Waals surface area contributed by atoms with Gasteiger partial charge in [0.25, 0.3) is 5.56 Å². The Morgan fingerprint density at radius 1 is 1.26 bits per heavy atom. The highest BCUT2D eigenvalue weighted by Gasteiger charge is 2.07. The normalized spacial score (nSPS) is 11.1. The van der Waals surface area contributed by atoms with Gasteiger partial charge >= 0.3 is 5.97 Å². The Morgan fingerprint density at radius 2 is 2.07 bits per heavy atom. The van der Waals surface area contributed by atoms with Crippen LogP contribution in [0.15, 0.2) is 53.3 Å². The van der Waals surface area contributed by atoms with Crippen LogP contribution in [0, 0.1) is 12.7 Å². The molecular formula is C20H17FN2O4. The van der Waals surface area contributed by atoms with Crippen molar-refractivity contribution < 1.29 is 18.7 Å². The number of carbonyl (C=O) groups is 1. The molecule has 0 unspecified atom stereocenters. The zero-order valence-electron chi connectivity index (χ0n) is 14.8. The lowest BCUT2D eigenvalue weighted by Gasteiger charge is -2.06. The lowest BCUT2D eigenvalue weighted by Crippen LogP contribution is -2.18. The first-order valence-electron chi connectivity index (χ1n) is 8.14. The van der Waals surface area contributed by atoms with E-state index in [4.69, 9.17) is 9.47 Å². The summed E-state index contributed by atoms with van der Waals surface area (Å²) < 4.78 is 25.0. The van der Waals surface area contributed by atoms with E-state index in [0.717, 1.165) is 5.69 Å². The van der Waals surface area contributed by atoms with E-state index in [2.05, 4.69) is 4.98 Å². The molecule has 0 aliphatic rings. The highest BCUT2D eigenvalue weighted by molar-refractivity contribution is 5.87. The average Bonchev–Trinajstić information content (AvgIpc) is 2.64. The smallest absolute Gasteiger partial charge is 0.331 e. The summed E-state index contributed by atoms with van der Waals surface area (Å²) >= 11 is 0. The van der Waals surface area contributed by atoms with E-state index in [1.807, 2.05) is 13.0 Å². The second kappa shape index (κ2) is 7.82. The summed E-state index contributed by atoms with van der Waals surface area (Å²) in [5, 5.41) is 0. The molecule has 138 valence electrons. The Kier molecular flexibility index (Phi) is 5.30. The summed E-state index contributed by atoms with van der Waals surface area (Å²) in [5.74, 6) is -1.03. The zero-order chi connectivity index (χ0) is 19.4. The van der Waals surface area contributed by atoms with E-state index in [1.165, 1.54) is 41.9 Å². The van der Waals surface area contributed by atoms with Gasteiger partial charge < -0.3 is 9.47 Å². The Bertz CT molecular complexity index is 1090. The molecule has 0 N–H and O–H groups in total. The molecule has 0 aliphatic heterocycles. The highest BCUT2D eigenvalue weighted by Crippen LogP contribution is 2.18. The summed E-state index contributed by atoms with van der Waals surface area (Å²) in [7, 11) is 1.37. The lowest BCUT2D eigenvalue weighted by atomic mass is 10.2. The number of rotatable bonds is 5. The number of fused-ring (bicyclic) bond motifs is 1. The largest absolute Gasteiger partial charge is 0.494 e. The quantitative estimate of drug-likeness (QED) is 0.512. The SMILES string of the molecule is COc1ccc(/C=C/C(=O)OCc2cc(=O)n3c(C)cccc3n2)cc1F. The van der Waals surface area contributed by atoms with Gasteiger partial charge in [0.05, 0.1) is 12.8 Å². The molecule has 6 nitrogen and oxygen atoms in total. The molecule has 0 radical (unpaired) electrons. The maximum Gasteiger partial charge on any atom is 0.331 e. The third-order valence-corrected chi connectivity index (χ3v) is 3.88. The number of methoxy groups -OCH3 is 1. The number of hydrogen-bond acceptors (Lipinski definition) is 5. The predicted molar refractivity (Wildman–Crippen MR) is 98.0 cm³/mol. The summed E-state index contributed by atoms with van der Waals surface area (Å²) in [6, 6.07) is 11.0. The molecule has 0 saturated carbocycles. The van der Waals surface area contributed by atoms with E-state index in [1.54, 1.807) is 18.2 Å². The van der Waals surface area contributed by atoms with Crippen molar-refractivity contribution in [1.29, 1.82) is 0 Å². The molecule has 7 heteroatoms. The summed E-state index contributed by atoms with van der Waals surface area (Å²) in [4.78, 5) is 28.4. The minimum atomic E-state index is -0.627. The number of aryl methyl sites for hydroxylation is 1. The number of esters is 1. The number of ether oxygens (including phenoxy) is 2. The van der Waals surface area contributed by atoms with Crippen LogP contribution in [0.3, 0.4) is 0 Å². The van der Waals surface area contributed by atoms with Crippen LogP contribution in [0.2, 0.25) is 0 Å². The first-order chi connectivity index (χ1) is 13.0. The molecule has 0 spiro atoms. The van der Waals surface area contributed by atoms with Gasteiger partial charge in [0.2, 0.25) is 0 Å². The fraction of sp³-hybridized carbons (Fsp3) is 0.150. The molecule has 3 rings (SSSR count). The summed E-state index contributed by atoms with van der Waals surface area (Å²) in [6.07, 6.45) is 2.61. The van der Waals surface area contributed by atoms with Crippen LogP contribution >= 0.6 is 0 Å². The molecule has 0 saturated heterocycles. The van der Waals surface area contributed by atoms with Crippen molar-refractivity contribution in [2.75, 3.05) is 7.11 Å². The number of halogens is 1. The number of aromatic nitrogens is 2. The van der Waals surface area contributed by atoms with E-state index in [0.29, 0.717) is 16.9 Å². The molecule has 27 heavy (non-hydrogen) atoms. The maximum absolute atomic E-state index is 13.6. The second-order valence-electron chi connectivity index (χ2n) is 5.78. The topological polar surface area (TPSA) is 69.9 Å². The van der Waals surface area contributed by atoms with Crippen LogP contribution in [0.5, 0.6) is 5.75 Å². The van der Waals surface area contributed by atoms with Gasteiger partial charge in [0, 0.05) is 17.8 Å². The molecule has 0 bridgehead atoms. The van der Waals surface area contributed by atoms with Crippen molar-refractivity contribution in [3.63, 3.8) is 0 Å². The third kappa shape index (κ3) is 4.20. The summed E-state index contributed by atoms with van der Waals surface area (Å²) in [6.45, 7) is 1.67. The molecular weight excluding hydrogens is 351 g/mol. The average molecular weight is 368 g/mol. The molecule has 2 heterocycles. The highest BCUT2D eigenvalue weighted by atomic mass is 19.1. The molecule has 3 aromatic rings. The van der Waals surface area contributed by atoms with Crippen LogP contribution in [0.1, 0.15) is 17.0 Å². The monoisotopic (exact) mass is 368 g/mol. The van der Waals surface area contributed by atoms with Crippen LogP contribution in [0.4, 0.5) is 4.39 Å². The van der Waals surface area contributed by atoms with Crippen LogP contribution in [-0.2, 0) is 16.1 Å². The Morgan fingerprint density at radius 3 is 2.81 bits per heavy atom. The predicted octanol–water partition coefficient (Wildman–Crippen LogP) is 2.91. The Labute approximate surface area is 154 Å². The van der Waals surface area contributed by atoms with E-state index in [9.17, 15) is 14.0 Å². The Hall–Kier alpha value is -3.48. The van der Waals surface area contributed by atoms with Gasteiger partial charge in [-0.15, -0.1) is 0 Å². The fourth-order valence-electron chi connectivity index (χ4n) is 2.58. The van der Waals surface area contributed by atoms with Crippen LogP contribution < -0.4 is 10.3 Å². The molecule has 0 amide bonds. The van der Waals surface area contributed by atoms with Crippen LogP contribution in [-0.4, -0.2) is 22.5 Å². The fourth-order valence-corrected chi connectivity index (χ4v) is 2.58. The van der Waals surface area contributed by atoms with Gasteiger partial charge in [0.1, 0.15) is 12.3 Å². The number of pyridine rings is 1. The molecule has 0 aliphatic carbocycles. The standard InChI is InChI=1S/C20H17FN2O4/c1-13-4-3-5-18-22-15(11-19(24)23(13)18)12-27-20(25)9-7-14-6-8-17(26-2)16(21)10-14/h3-11H,12H2,1-2H3/b9-7+. The van der Waals surface area contributed by atoms with E-state index in [-0.39, 0.29) is 17.9 Å². The number of hydrogen-bond donors (Lipinski definition) is 0. The van der Waals surface area contributed by atoms with Gasteiger partial charge in [-0.2, -0.15) is 0 Å². The van der Waals surface area contributed by atoms with E-state index >= 15 is 0 Å². The van der Waals surface area contributed by atoms with Gasteiger partial charge in [-0.1, -0.05) is 12.1 Å². The van der Waals surface area contributed by atoms with Gasteiger partial charge in [-0.05, 0) is 42.8 Å². The first-order valence-corrected chi connectivity index (χ1v) is 8.14. The molecule has 1 aromatic carbocycles. The second-order valence-corrected chi connectivity index (χ2v) is 5.78.